The van der Waals surface area contributed by atoms with Gasteiger partial charge >= 0.3 is 0 Å². The molecule has 0 atom stereocenters. The highest BCUT2D eigenvalue weighted by molar-refractivity contribution is 6.14. The summed E-state index contributed by atoms with van der Waals surface area (Å²) in [6.07, 6.45) is 0. The number of benzene rings is 12. The molecule has 0 aliphatic carbocycles. The Morgan fingerprint density at radius 3 is 1.33 bits per heavy atom. The summed E-state index contributed by atoms with van der Waals surface area (Å²) in [5.41, 5.74) is 17.5. The minimum Gasteiger partial charge on any atom is -0.310 e. The maximum Gasteiger partial charge on any atom is 0.0546 e. The first-order valence-electron chi connectivity index (χ1n) is 23.1. The molecular weight excluding hydrogens is 807 g/mol. The van der Waals surface area contributed by atoms with E-state index >= 15 is 0 Å². The van der Waals surface area contributed by atoms with Gasteiger partial charge in [0.2, 0.25) is 0 Å². The minimum atomic E-state index is 1.07. The van der Waals surface area contributed by atoms with Crippen molar-refractivity contribution >= 4 is 49.4 Å². The Morgan fingerprint density at radius 1 is 0.194 bits per heavy atom. The first-order chi connectivity index (χ1) is 33.2. The van der Waals surface area contributed by atoms with Crippen LogP contribution in [0.15, 0.2) is 273 Å². The highest BCUT2D eigenvalue weighted by atomic mass is 15.1. The van der Waals surface area contributed by atoms with E-state index in [9.17, 15) is 0 Å². The third-order valence-corrected chi connectivity index (χ3v) is 13.3. The summed E-state index contributed by atoms with van der Waals surface area (Å²) < 4.78 is 0. The maximum absolute atomic E-state index is 2.44. The van der Waals surface area contributed by atoms with E-state index < -0.39 is 0 Å². The molecule has 0 aromatic heterocycles. The van der Waals surface area contributed by atoms with E-state index in [0.29, 0.717) is 0 Å². The molecule has 12 aromatic rings. The fourth-order valence-electron chi connectivity index (χ4n) is 9.99. The Morgan fingerprint density at radius 2 is 0.657 bits per heavy atom. The maximum atomic E-state index is 2.44. The zero-order chi connectivity index (χ0) is 44.5. The Labute approximate surface area is 392 Å². The number of rotatable bonds is 9. The lowest BCUT2D eigenvalue weighted by atomic mass is 9.91. The standard InChI is InChI=1S/C66H45N/c1-4-17-47(18-5-1)60-41-35-52(43-64(60)50-21-8-3-9-22-50)46-31-37-55(38-32-46)67(56-39-33-51(34-40-56)65-44-53-24-11-13-27-59(53)62-28-14-15-29-63(62)65)66-45-54(36-42-61(66)49-19-6-2-7-20-49)58-30-16-25-48-23-10-12-26-57(48)58/h1-45H. The number of nitrogens with zero attached hydrogens (tertiary/aromatic N) is 1. The third-order valence-electron chi connectivity index (χ3n) is 13.3. The molecule has 0 aliphatic heterocycles. The van der Waals surface area contributed by atoms with Crippen molar-refractivity contribution in [2.45, 2.75) is 0 Å². The van der Waals surface area contributed by atoms with Gasteiger partial charge in [0.25, 0.3) is 0 Å². The molecule has 0 heterocycles. The van der Waals surface area contributed by atoms with E-state index in [0.717, 1.165) is 33.8 Å². The first kappa shape index (κ1) is 39.8. The van der Waals surface area contributed by atoms with Gasteiger partial charge in [0.1, 0.15) is 0 Å². The van der Waals surface area contributed by atoms with E-state index in [1.165, 1.54) is 82.4 Å². The van der Waals surface area contributed by atoms with E-state index in [-0.39, 0.29) is 0 Å². The van der Waals surface area contributed by atoms with Crippen molar-refractivity contribution in [3.05, 3.63) is 273 Å². The number of hydrogen-bond acceptors (Lipinski definition) is 1. The first-order valence-corrected chi connectivity index (χ1v) is 23.1. The molecule has 0 N–H and O–H groups in total. The highest BCUT2D eigenvalue weighted by Gasteiger charge is 2.21. The van der Waals surface area contributed by atoms with E-state index in [1.54, 1.807) is 0 Å². The minimum absolute atomic E-state index is 1.07. The largest absolute Gasteiger partial charge is 0.310 e. The van der Waals surface area contributed by atoms with Crippen LogP contribution < -0.4 is 4.90 Å². The predicted molar refractivity (Wildman–Crippen MR) is 286 cm³/mol. The van der Waals surface area contributed by atoms with E-state index in [4.69, 9.17) is 0 Å². The normalized spacial score (nSPS) is 11.3. The van der Waals surface area contributed by atoms with Crippen molar-refractivity contribution < 1.29 is 0 Å². The zero-order valence-electron chi connectivity index (χ0n) is 36.9. The molecule has 0 spiro atoms. The van der Waals surface area contributed by atoms with Gasteiger partial charge in [-0.25, -0.2) is 0 Å². The topological polar surface area (TPSA) is 3.24 Å². The van der Waals surface area contributed by atoms with Gasteiger partial charge in [-0.15, -0.1) is 0 Å². The van der Waals surface area contributed by atoms with Crippen molar-refractivity contribution in [3.8, 4) is 66.8 Å². The summed E-state index contributed by atoms with van der Waals surface area (Å²) in [6.45, 7) is 0. The third kappa shape index (κ3) is 7.53. The molecule has 12 aromatic carbocycles. The van der Waals surface area contributed by atoms with Crippen molar-refractivity contribution in [3.63, 3.8) is 0 Å². The van der Waals surface area contributed by atoms with Crippen molar-refractivity contribution in [1.29, 1.82) is 0 Å². The summed E-state index contributed by atoms with van der Waals surface area (Å²) in [5.74, 6) is 0. The summed E-state index contributed by atoms with van der Waals surface area (Å²) in [6, 6.07) is 99.5. The molecule has 0 amide bonds. The molecule has 0 saturated heterocycles. The van der Waals surface area contributed by atoms with Gasteiger partial charge in [-0.05, 0) is 136 Å². The molecule has 0 saturated carbocycles. The van der Waals surface area contributed by atoms with Crippen molar-refractivity contribution in [1.82, 2.24) is 0 Å². The van der Waals surface area contributed by atoms with E-state index in [2.05, 4.69) is 278 Å². The van der Waals surface area contributed by atoms with Gasteiger partial charge in [-0.2, -0.15) is 0 Å². The van der Waals surface area contributed by atoms with Crippen LogP contribution in [0.1, 0.15) is 0 Å². The zero-order valence-corrected chi connectivity index (χ0v) is 36.9. The Balaban J connectivity index is 1.03. The van der Waals surface area contributed by atoms with Crippen LogP contribution in [0.5, 0.6) is 0 Å². The average molecular weight is 852 g/mol. The summed E-state index contributed by atoms with van der Waals surface area (Å²) >= 11 is 0. The van der Waals surface area contributed by atoms with Gasteiger partial charge < -0.3 is 4.90 Å². The quantitative estimate of drug-likeness (QED) is 0.131. The highest BCUT2D eigenvalue weighted by Crippen LogP contribution is 2.46. The average Bonchev–Trinajstić information content (AvgIpc) is 3.41. The molecule has 1 heteroatoms. The van der Waals surface area contributed by atoms with Gasteiger partial charge in [0.15, 0.2) is 0 Å². The van der Waals surface area contributed by atoms with E-state index in [1.807, 2.05) is 0 Å². The lowest BCUT2D eigenvalue weighted by Gasteiger charge is -2.29. The van der Waals surface area contributed by atoms with Crippen molar-refractivity contribution in [2.24, 2.45) is 0 Å². The van der Waals surface area contributed by atoms with Crippen LogP contribution in [0, 0.1) is 0 Å². The fourth-order valence-corrected chi connectivity index (χ4v) is 9.99. The smallest absolute Gasteiger partial charge is 0.0546 e. The van der Waals surface area contributed by atoms with Crippen LogP contribution in [0.4, 0.5) is 17.1 Å². The molecule has 0 aliphatic rings. The number of hydrogen-bond donors (Lipinski definition) is 0. The molecule has 12 rings (SSSR count). The second-order valence-electron chi connectivity index (χ2n) is 17.2. The second-order valence-corrected chi connectivity index (χ2v) is 17.2. The molecule has 1 nitrogen and oxygen atoms in total. The summed E-state index contributed by atoms with van der Waals surface area (Å²) in [4.78, 5) is 2.44. The number of anilines is 3. The van der Waals surface area contributed by atoms with Crippen LogP contribution in [-0.2, 0) is 0 Å². The van der Waals surface area contributed by atoms with Crippen LogP contribution in [0.2, 0.25) is 0 Å². The summed E-state index contributed by atoms with van der Waals surface area (Å²) in [5, 5.41) is 7.50. The molecule has 0 radical (unpaired) electrons. The molecular formula is C66H45N. The SMILES string of the molecule is c1ccc(-c2ccc(-c3ccc(N(c4ccc(-c5cc6ccccc6c6ccccc56)cc4)c4cc(-c5cccc6ccccc56)ccc4-c4ccccc4)cc3)cc2-c2ccccc2)cc1. The molecule has 0 bridgehead atoms. The van der Waals surface area contributed by atoms with Crippen LogP contribution >= 0.6 is 0 Å². The Hall–Kier alpha value is -8.78. The molecule has 67 heavy (non-hydrogen) atoms. The lowest BCUT2D eigenvalue weighted by Crippen LogP contribution is -2.11. The van der Waals surface area contributed by atoms with Gasteiger partial charge in [-0.1, -0.05) is 231 Å². The van der Waals surface area contributed by atoms with Gasteiger partial charge in [0.05, 0.1) is 5.69 Å². The second kappa shape index (κ2) is 17.3. The fraction of sp³-hybridized carbons (Fsp3) is 0. The molecule has 314 valence electrons. The number of fused-ring (bicyclic) bond motifs is 4. The van der Waals surface area contributed by atoms with Gasteiger partial charge in [-0.3, -0.25) is 0 Å². The monoisotopic (exact) mass is 851 g/mol. The van der Waals surface area contributed by atoms with Crippen molar-refractivity contribution in [2.75, 3.05) is 4.90 Å². The predicted octanol–water partition coefficient (Wildman–Crippen LogP) is 18.6. The molecule has 0 unspecified atom stereocenters. The Kier molecular flexibility index (Phi) is 10.3. The lowest BCUT2D eigenvalue weighted by molar-refractivity contribution is 1.28. The van der Waals surface area contributed by atoms with Gasteiger partial charge in [0, 0.05) is 16.9 Å². The van der Waals surface area contributed by atoms with Crippen LogP contribution in [-0.4, -0.2) is 0 Å². The Bertz CT molecular complexity index is 3700. The van der Waals surface area contributed by atoms with Crippen LogP contribution in [0.3, 0.4) is 0 Å². The molecule has 0 fully saturated rings. The summed E-state index contributed by atoms with van der Waals surface area (Å²) in [7, 11) is 0. The van der Waals surface area contributed by atoms with Crippen LogP contribution in [0.25, 0.3) is 99.1 Å².